The van der Waals surface area contributed by atoms with E-state index in [4.69, 9.17) is 11.6 Å². The highest BCUT2D eigenvalue weighted by Gasteiger charge is 2.26. The molecule has 2 fully saturated rings. The molecule has 3 rings (SSSR count). The molecule has 0 radical (unpaired) electrons. The molecule has 2 saturated heterocycles. The number of benzene rings is 1. The van der Waals surface area contributed by atoms with E-state index in [0.29, 0.717) is 18.4 Å². The molecule has 134 valence electrons. The van der Waals surface area contributed by atoms with Crippen LogP contribution in [0.2, 0.25) is 5.02 Å². The molecule has 1 N–H and O–H groups in total. The number of carbonyl (C=O) groups excluding carboxylic acids is 1. The molecule has 1 unspecified atom stereocenters. The SMILES string of the molecule is Cl.O=C(CCN1CCCC1Cc1ccccc1Cl)N1CCNCC1. The van der Waals surface area contributed by atoms with Crippen molar-refractivity contribution < 1.29 is 4.79 Å². The summed E-state index contributed by atoms with van der Waals surface area (Å²) in [5.41, 5.74) is 1.22. The molecule has 24 heavy (non-hydrogen) atoms. The van der Waals surface area contributed by atoms with Crippen molar-refractivity contribution in [2.45, 2.75) is 31.7 Å². The molecule has 0 aliphatic carbocycles. The number of piperazine rings is 1. The van der Waals surface area contributed by atoms with E-state index in [9.17, 15) is 4.79 Å². The van der Waals surface area contributed by atoms with Crippen LogP contribution in [0.4, 0.5) is 0 Å². The van der Waals surface area contributed by atoms with E-state index in [1.54, 1.807) is 0 Å². The number of hydrogen-bond donors (Lipinski definition) is 1. The van der Waals surface area contributed by atoms with Crippen molar-refractivity contribution in [3.05, 3.63) is 34.9 Å². The van der Waals surface area contributed by atoms with E-state index in [2.05, 4.69) is 22.3 Å². The Kier molecular flexibility index (Phi) is 7.82. The summed E-state index contributed by atoms with van der Waals surface area (Å²) in [6.07, 6.45) is 4.05. The first-order chi connectivity index (χ1) is 11.2. The second kappa shape index (κ2) is 9.62. The van der Waals surface area contributed by atoms with E-state index >= 15 is 0 Å². The van der Waals surface area contributed by atoms with Crippen molar-refractivity contribution in [3.8, 4) is 0 Å². The number of halogens is 2. The fourth-order valence-electron chi connectivity index (χ4n) is 3.65. The molecule has 0 bridgehead atoms. The molecular formula is C18H27Cl2N3O. The molecule has 1 aromatic rings. The molecule has 2 heterocycles. The fraction of sp³-hybridized carbons (Fsp3) is 0.611. The van der Waals surface area contributed by atoms with Crippen molar-refractivity contribution in [2.75, 3.05) is 39.3 Å². The summed E-state index contributed by atoms with van der Waals surface area (Å²) in [4.78, 5) is 16.8. The number of hydrogen-bond acceptors (Lipinski definition) is 3. The summed E-state index contributed by atoms with van der Waals surface area (Å²) < 4.78 is 0. The standard InChI is InChI=1S/C18H26ClN3O.ClH/c19-17-6-2-1-4-15(17)14-16-5-3-10-21(16)11-7-18(23)22-12-8-20-9-13-22;/h1-2,4,6,16,20H,3,5,7-14H2;1H. The summed E-state index contributed by atoms with van der Waals surface area (Å²) in [5.74, 6) is 0.301. The van der Waals surface area contributed by atoms with Gasteiger partial charge in [0.15, 0.2) is 0 Å². The molecule has 2 aliphatic rings. The van der Waals surface area contributed by atoms with Crippen molar-refractivity contribution in [1.29, 1.82) is 0 Å². The highest BCUT2D eigenvalue weighted by Crippen LogP contribution is 2.25. The lowest BCUT2D eigenvalue weighted by Crippen LogP contribution is -2.47. The Bertz CT molecular complexity index is 535. The zero-order valence-electron chi connectivity index (χ0n) is 14.0. The zero-order valence-corrected chi connectivity index (χ0v) is 15.6. The van der Waals surface area contributed by atoms with Crippen LogP contribution in [-0.2, 0) is 11.2 Å². The van der Waals surface area contributed by atoms with Gasteiger partial charge in [-0.25, -0.2) is 0 Å². The monoisotopic (exact) mass is 371 g/mol. The van der Waals surface area contributed by atoms with Gasteiger partial charge in [0.05, 0.1) is 0 Å². The predicted octanol–water partition coefficient (Wildman–Crippen LogP) is 2.59. The quantitative estimate of drug-likeness (QED) is 0.863. The topological polar surface area (TPSA) is 35.6 Å². The first kappa shape index (κ1) is 19.5. The van der Waals surface area contributed by atoms with Crippen molar-refractivity contribution in [2.24, 2.45) is 0 Å². The van der Waals surface area contributed by atoms with Crippen LogP contribution in [0.1, 0.15) is 24.8 Å². The smallest absolute Gasteiger partial charge is 0.223 e. The summed E-state index contributed by atoms with van der Waals surface area (Å²) in [6, 6.07) is 8.62. The molecule has 1 amide bonds. The summed E-state index contributed by atoms with van der Waals surface area (Å²) >= 11 is 6.29. The van der Waals surface area contributed by atoms with E-state index < -0.39 is 0 Å². The van der Waals surface area contributed by atoms with Crippen LogP contribution in [0.15, 0.2) is 24.3 Å². The van der Waals surface area contributed by atoms with Crippen molar-refractivity contribution in [1.82, 2.24) is 15.1 Å². The van der Waals surface area contributed by atoms with Crippen LogP contribution < -0.4 is 5.32 Å². The molecule has 0 aromatic heterocycles. The Morgan fingerprint density at radius 1 is 1.21 bits per heavy atom. The Balaban J connectivity index is 0.00000208. The van der Waals surface area contributed by atoms with Gasteiger partial charge < -0.3 is 10.2 Å². The number of nitrogens with one attached hydrogen (secondary N) is 1. The second-order valence-electron chi connectivity index (χ2n) is 6.51. The van der Waals surface area contributed by atoms with Crippen LogP contribution in [-0.4, -0.2) is 61.0 Å². The highest BCUT2D eigenvalue weighted by molar-refractivity contribution is 6.31. The Morgan fingerprint density at radius 3 is 2.71 bits per heavy atom. The molecule has 4 nitrogen and oxygen atoms in total. The van der Waals surface area contributed by atoms with Crippen LogP contribution in [0, 0.1) is 0 Å². The molecule has 1 aromatic carbocycles. The summed E-state index contributed by atoms with van der Waals surface area (Å²) in [5, 5.41) is 4.15. The minimum Gasteiger partial charge on any atom is -0.340 e. The van der Waals surface area contributed by atoms with Gasteiger partial charge in [0.1, 0.15) is 0 Å². The number of likely N-dealkylation sites (tertiary alicyclic amines) is 1. The Morgan fingerprint density at radius 2 is 1.96 bits per heavy atom. The van der Waals surface area contributed by atoms with Gasteiger partial charge in [0.2, 0.25) is 5.91 Å². The predicted molar refractivity (Wildman–Crippen MR) is 101 cm³/mol. The lowest BCUT2D eigenvalue weighted by atomic mass is 10.0. The summed E-state index contributed by atoms with van der Waals surface area (Å²) in [6.45, 7) is 5.51. The third kappa shape index (κ3) is 5.09. The molecule has 6 heteroatoms. The Hall–Kier alpha value is -0.810. The van der Waals surface area contributed by atoms with Crippen LogP contribution in [0.3, 0.4) is 0 Å². The number of rotatable bonds is 5. The van der Waals surface area contributed by atoms with Gasteiger partial charge in [-0.05, 0) is 37.4 Å². The maximum atomic E-state index is 12.3. The van der Waals surface area contributed by atoms with E-state index in [0.717, 1.165) is 50.7 Å². The highest BCUT2D eigenvalue weighted by atomic mass is 35.5. The Labute approximate surface area is 155 Å². The average Bonchev–Trinajstić information content (AvgIpc) is 3.03. The average molecular weight is 372 g/mol. The normalized spacial score (nSPS) is 21.5. The van der Waals surface area contributed by atoms with Crippen LogP contribution in [0.25, 0.3) is 0 Å². The molecule has 2 aliphatic heterocycles. The molecular weight excluding hydrogens is 345 g/mol. The second-order valence-corrected chi connectivity index (χ2v) is 6.92. The third-order valence-corrected chi connectivity index (χ3v) is 5.36. The van der Waals surface area contributed by atoms with Crippen molar-refractivity contribution in [3.63, 3.8) is 0 Å². The molecule has 1 atom stereocenters. The van der Waals surface area contributed by atoms with Gasteiger partial charge in [-0.15, -0.1) is 12.4 Å². The van der Waals surface area contributed by atoms with Gasteiger partial charge in [-0.2, -0.15) is 0 Å². The minimum atomic E-state index is 0. The maximum Gasteiger partial charge on any atom is 0.223 e. The van der Waals surface area contributed by atoms with Crippen molar-refractivity contribution >= 4 is 29.9 Å². The minimum absolute atomic E-state index is 0. The number of amides is 1. The van der Waals surface area contributed by atoms with Gasteiger partial charge in [0.25, 0.3) is 0 Å². The molecule has 0 spiro atoms. The zero-order chi connectivity index (χ0) is 16.1. The third-order valence-electron chi connectivity index (χ3n) is 5.00. The lowest BCUT2D eigenvalue weighted by molar-refractivity contribution is -0.132. The van der Waals surface area contributed by atoms with E-state index in [1.165, 1.54) is 18.4 Å². The van der Waals surface area contributed by atoms with E-state index in [1.807, 2.05) is 17.0 Å². The maximum absolute atomic E-state index is 12.3. The number of nitrogens with zero attached hydrogens (tertiary/aromatic N) is 2. The van der Waals surface area contributed by atoms with Gasteiger partial charge in [0, 0.05) is 50.2 Å². The van der Waals surface area contributed by atoms with Crippen LogP contribution >= 0.6 is 24.0 Å². The largest absolute Gasteiger partial charge is 0.340 e. The first-order valence-corrected chi connectivity index (χ1v) is 9.08. The van der Waals surface area contributed by atoms with Gasteiger partial charge in [-0.3, -0.25) is 9.69 Å². The lowest BCUT2D eigenvalue weighted by Gasteiger charge is -2.29. The molecule has 0 saturated carbocycles. The number of carbonyl (C=O) groups is 1. The first-order valence-electron chi connectivity index (χ1n) is 8.70. The van der Waals surface area contributed by atoms with Gasteiger partial charge >= 0.3 is 0 Å². The van der Waals surface area contributed by atoms with Gasteiger partial charge in [-0.1, -0.05) is 29.8 Å². The van der Waals surface area contributed by atoms with Crippen LogP contribution in [0.5, 0.6) is 0 Å². The fourth-order valence-corrected chi connectivity index (χ4v) is 3.86. The summed E-state index contributed by atoms with van der Waals surface area (Å²) in [7, 11) is 0. The van der Waals surface area contributed by atoms with E-state index in [-0.39, 0.29) is 12.4 Å².